The number of carbonyl (C=O) groups is 1. The van der Waals surface area contributed by atoms with E-state index < -0.39 is 0 Å². The third-order valence-electron chi connectivity index (χ3n) is 8.16. The number of ether oxygens (including phenoxy) is 2. The molecule has 10 heteroatoms. The van der Waals surface area contributed by atoms with E-state index in [1.165, 1.54) is 6.20 Å². The lowest BCUT2D eigenvalue weighted by molar-refractivity contribution is 0.0753. The number of methoxy groups -OCH3 is 1. The predicted octanol–water partition coefficient (Wildman–Crippen LogP) is 4.93. The second-order valence-corrected chi connectivity index (χ2v) is 11.0. The summed E-state index contributed by atoms with van der Waals surface area (Å²) in [7, 11) is 5.66. The first-order valence-electron chi connectivity index (χ1n) is 13.4. The van der Waals surface area contributed by atoms with Gasteiger partial charge < -0.3 is 29.9 Å². The largest absolute Gasteiger partial charge is 0.495 e. The van der Waals surface area contributed by atoms with Crippen LogP contribution in [0.25, 0.3) is 0 Å². The topological polar surface area (TPSA) is 91.8 Å². The van der Waals surface area contributed by atoms with Crippen molar-refractivity contribution >= 4 is 29.1 Å². The lowest BCUT2D eigenvalue weighted by atomic mass is 10.0. The molecule has 9 nitrogen and oxygen atoms in total. The summed E-state index contributed by atoms with van der Waals surface area (Å²) >= 11 is 6.41. The zero-order chi connectivity index (χ0) is 27.1. The van der Waals surface area contributed by atoms with Crippen LogP contribution in [0.15, 0.2) is 42.6 Å². The van der Waals surface area contributed by atoms with E-state index in [1.807, 2.05) is 36.2 Å². The minimum absolute atomic E-state index is 0.0447. The van der Waals surface area contributed by atoms with Crippen molar-refractivity contribution in [2.45, 2.75) is 43.8 Å². The van der Waals surface area contributed by atoms with E-state index in [4.69, 9.17) is 21.1 Å². The first kappa shape index (κ1) is 25.9. The number of hydrogen-bond donors (Lipinski definition) is 2. The summed E-state index contributed by atoms with van der Waals surface area (Å²) in [6.07, 6.45) is 5.72. The van der Waals surface area contributed by atoms with Crippen LogP contribution < -0.4 is 20.1 Å². The van der Waals surface area contributed by atoms with Gasteiger partial charge >= 0.3 is 0 Å². The quantitative estimate of drug-likeness (QED) is 0.409. The molecule has 1 amide bonds. The fourth-order valence-corrected chi connectivity index (χ4v) is 5.75. The molecule has 0 bridgehead atoms. The van der Waals surface area contributed by atoms with Gasteiger partial charge in [-0.2, -0.15) is 4.98 Å². The van der Waals surface area contributed by atoms with Crippen molar-refractivity contribution in [3.8, 4) is 17.4 Å². The lowest BCUT2D eigenvalue weighted by Crippen LogP contribution is -2.40. The number of piperidine rings is 1. The number of anilines is 2. The zero-order valence-corrected chi connectivity index (χ0v) is 23.2. The van der Waals surface area contributed by atoms with Crippen molar-refractivity contribution in [2.75, 3.05) is 39.6 Å². The number of benzene rings is 2. The van der Waals surface area contributed by atoms with Crippen LogP contribution in [0.3, 0.4) is 0 Å². The molecular formula is C29H33ClN6O3. The molecule has 0 radical (unpaired) electrons. The third-order valence-corrected chi connectivity index (χ3v) is 8.42. The molecule has 3 aromatic rings. The molecule has 3 aliphatic rings. The first-order chi connectivity index (χ1) is 18.9. The van der Waals surface area contributed by atoms with Crippen molar-refractivity contribution in [3.05, 3.63) is 64.3 Å². The van der Waals surface area contributed by atoms with E-state index in [0.29, 0.717) is 29.1 Å². The Bertz CT molecular complexity index is 1400. The maximum Gasteiger partial charge on any atom is 0.258 e. The van der Waals surface area contributed by atoms with Crippen molar-refractivity contribution in [2.24, 2.45) is 0 Å². The average molecular weight is 549 g/mol. The third kappa shape index (κ3) is 4.90. The molecular weight excluding hydrogens is 516 g/mol. The lowest BCUT2D eigenvalue weighted by Gasteiger charge is -2.29. The number of likely N-dealkylation sites (tertiary alicyclic amines) is 1. The normalized spacial score (nSPS) is 18.4. The number of carbonyl (C=O) groups excluding carboxylic acids is 1. The summed E-state index contributed by atoms with van der Waals surface area (Å²) < 4.78 is 11.8. The highest BCUT2D eigenvalue weighted by molar-refractivity contribution is 6.31. The van der Waals surface area contributed by atoms with Crippen LogP contribution in [-0.2, 0) is 12.1 Å². The summed E-state index contributed by atoms with van der Waals surface area (Å²) in [5.41, 5.74) is 3.25. The van der Waals surface area contributed by atoms with Crippen LogP contribution in [-0.4, -0.2) is 66.0 Å². The molecule has 0 unspecified atom stereocenters. The number of nitrogens with zero attached hydrogens (tertiary/aromatic N) is 4. The Balaban J connectivity index is 1.18. The molecule has 1 aromatic heterocycles. The monoisotopic (exact) mass is 548 g/mol. The van der Waals surface area contributed by atoms with Gasteiger partial charge in [-0.1, -0.05) is 29.8 Å². The molecule has 1 saturated carbocycles. The maximum atomic E-state index is 13.1. The highest BCUT2D eigenvalue weighted by atomic mass is 35.5. The number of amides is 1. The highest BCUT2D eigenvalue weighted by Gasteiger charge is 2.57. The molecule has 3 heterocycles. The van der Waals surface area contributed by atoms with E-state index in [1.54, 1.807) is 13.2 Å². The SMILES string of the molecule is COc1cc(CNC2CCN(C)CC2)ccc1Nc1ncc(Cl)c(Oc2cccc3c2C(=O)N(C)C32CC2)n1. The number of aromatic nitrogens is 2. The van der Waals surface area contributed by atoms with Crippen LogP contribution >= 0.6 is 11.6 Å². The summed E-state index contributed by atoms with van der Waals surface area (Å²) in [5.74, 6) is 1.56. The van der Waals surface area contributed by atoms with E-state index >= 15 is 0 Å². The van der Waals surface area contributed by atoms with Gasteiger partial charge in [-0.15, -0.1) is 0 Å². The summed E-state index contributed by atoms with van der Waals surface area (Å²) in [6.45, 7) is 3.02. The van der Waals surface area contributed by atoms with Crippen LogP contribution in [0.1, 0.15) is 47.2 Å². The fraction of sp³-hybridized carbons (Fsp3) is 0.414. The van der Waals surface area contributed by atoms with Gasteiger partial charge in [0.2, 0.25) is 11.8 Å². The summed E-state index contributed by atoms with van der Waals surface area (Å²) in [6, 6.07) is 12.2. The number of halogens is 1. The molecule has 0 atom stereocenters. The molecule has 2 aromatic carbocycles. The van der Waals surface area contributed by atoms with Gasteiger partial charge in [0, 0.05) is 19.6 Å². The van der Waals surface area contributed by atoms with Gasteiger partial charge in [0.15, 0.2) is 0 Å². The Morgan fingerprint density at radius 3 is 2.67 bits per heavy atom. The van der Waals surface area contributed by atoms with Gasteiger partial charge in [-0.05, 0) is 75.1 Å². The smallest absolute Gasteiger partial charge is 0.258 e. The minimum atomic E-state index is -0.195. The molecule has 204 valence electrons. The Kier molecular flexibility index (Phi) is 6.82. The van der Waals surface area contributed by atoms with Gasteiger partial charge in [-0.3, -0.25) is 4.79 Å². The molecule has 2 fully saturated rings. The molecule has 6 rings (SSSR count). The fourth-order valence-electron chi connectivity index (χ4n) is 5.62. The molecule has 1 saturated heterocycles. The predicted molar refractivity (Wildman–Crippen MR) is 150 cm³/mol. The highest BCUT2D eigenvalue weighted by Crippen LogP contribution is 2.57. The first-order valence-corrected chi connectivity index (χ1v) is 13.7. The Morgan fingerprint density at radius 1 is 1.13 bits per heavy atom. The van der Waals surface area contributed by atoms with E-state index in [0.717, 1.165) is 62.1 Å². The summed E-state index contributed by atoms with van der Waals surface area (Å²) in [4.78, 5) is 26.1. The maximum absolute atomic E-state index is 13.1. The number of hydrogen-bond acceptors (Lipinski definition) is 8. The summed E-state index contributed by atoms with van der Waals surface area (Å²) in [5, 5.41) is 7.13. The van der Waals surface area contributed by atoms with Crippen LogP contribution in [0.4, 0.5) is 11.6 Å². The van der Waals surface area contributed by atoms with E-state index in [-0.39, 0.29) is 22.3 Å². The van der Waals surface area contributed by atoms with Gasteiger partial charge in [0.25, 0.3) is 5.91 Å². The molecule has 2 N–H and O–H groups in total. The Morgan fingerprint density at radius 2 is 1.92 bits per heavy atom. The van der Waals surface area contributed by atoms with Gasteiger partial charge in [0.05, 0.1) is 30.1 Å². The van der Waals surface area contributed by atoms with Gasteiger partial charge in [0.1, 0.15) is 16.5 Å². The number of fused-ring (bicyclic) bond motifs is 2. The van der Waals surface area contributed by atoms with E-state index in [9.17, 15) is 4.79 Å². The molecule has 1 aliphatic carbocycles. The second-order valence-electron chi connectivity index (χ2n) is 10.6. The number of rotatable bonds is 8. The zero-order valence-electron chi connectivity index (χ0n) is 22.5. The van der Waals surface area contributed by atoms with Crippen molar-refractivity contribution < 1.29 is 14.3 Å². The minimum Gasteiger partial charge on any atom is -0.495 e. The van der Waals surface area contributed by atoms with Crippen molar-refractivity contribution in [1.29, 1.82) is 0 Å². The van der Waals surface area contributed by atoms with Crippen LogP contribution in [0.5, 0.6) is 17.4 Å². The average Bonchev–Trinajstić information content (AvgIpc) is 3.73. The van der Waals surface area contributed by atoms with Crippen molar-refractivity contribution in [1.82, 2.24) is 25.1 Å². The van der Waals surface area contributed by atoms with E-state index in [2.05, 4.69) is 38.6 Å². The molecule has 1 spiro atoms. The van der Waals surface area contributed by atoms with Crippen LogP contribution in [0, 0.1) is 0 Å². The number of nitrogens with one attached hydrogen (secondary N) is 2. The van der Waals surface area contributed by atoms with Crippen LogP contribution in [0.2, 0.25) is 5.02 Å². The Hall–Kier alpha value is -3.40. The standard InChI is InChI=1S/C29H33ClN6O3/c1-35-13-9-19(10-14-35)31-16-18-7-8-22(24(15-18)38-3)33-28-32-17-21(30)26(34-28)39-23-6-4-5-20-25(23)27(37)36(2)29(20)11-12-29/h4-8,15,17,19,31H,9-14,16H2,1-3H3,(H,32,33,34). The molecule has 39 heavy (non-hydrogen) atoms. The van der Waals surface area contributed by atoms with Gasteiger partial charge in [-0.25, -0.2) is 4.98 Å². The Labute approximate surface area is 233 Å². The second kappa shape index (κ2) is 10.3. The van der Waals surface area contributed by atoms with Crippen molar-refractivity contribution in [3.63, 3.8) is 0 Å². The molecule has 2 aliphatic heterocycles.